The Hall–Kier alpha value is -0.280. The van der Waals surface area contributed by atoms with E-state index in [4.69, 9.17) is 14.2 Å². The number of ether oxygens (including phenoxy) is 3. The van der Waals surface area contributed by atoms with Crippen LogP contribution in [0.2, 0.25) is 0 Å². The number of aliphatic hydroxyl groups is 2. The van der Waals surface area contributed by atoms with Crippen LogP contribution in [0.4, 0.5) is 0 Å². The topological polar surface area (TPSA) is 74.6 Å². The molecule has 0 aromatic carbocycles. The summed E-state index contributed by atoms with van der Waals surface area (Å²) >= 11 is 0. The van der Waals surface area contributed by atoms with Crippen LogP contribution in [0.1, 0.15) is 113 Å². The number of nitrogens with zero attached hydrogens (tertiary/aromatic N) is 2. The summed E-state index contributed by atoms with van der Waals surface area (Å²) in [5.74, 6) is 2.88. The van der Waals surface area contributed by atoms with Crippen LogP contribution in [-0.4, -0.2) is 101 Å². The minimum Gasteiger partial charge on any atom is -0.388 e. The Labute approximate surface area is 273 Å². The molecule has 256 valence electrons. The molecule has 7 nitrogen and oxygen atoms in total. The molecule has 5 saturated carbocycles. The number of hydrogen-bond acceptors (Lipinski definition) is 7. The molecule has 0 aromatic heterocycles. The highest BCUT2D eigenvalue weighted by Gasteiger charge is 2.80. The first-order valence-corrected chi connectivity index (χ1v) is 19.0. The van der Waals surface area contributed by atoms with Gasteiger partial charge in [-0.2, -0.15) is 0 Å². The van der Waals surface area contributed by atoms with Crippen molar-refractivity contribution in [3.63, 3.8) is 0 Å². The summed E-state index contributed by atoms with van der Waals surface area (Å²) in [6, 6.07) is 1.30. The average Bonchev–Trinajstić information content (AvgIpc) is 3.52. The van der Waals surface area contributed by atoms with Crippen LogP contribution in [0.25, 0.3) is 0 Å². The zero-order valence-corrected chi connectivity index (χ0v) is 29.5. The first-order chi connectivity index (χ1) is 21.2. The largest absolute Gasteiger partial charge is 0.388 e. The van der Waals surface area contributed by atoms with Gasteiger partial charge in [-0.25, -0.2) is 0 Å². The molecule has 3 heterocycles. The lowest BCUT2D eigenvalue weighted by Gasteiger charge is -2.60. The zero-order valence-electron chi connectivity index (χ0n) is 29.5. The maximum Gasteiger partial charge on any atom is 0.170 e. The second-order valence-corrected chi connectivity index (χ2v) is 19.1. The number of rotatable bonds is 6. The molecular weight excluding hydrogens is 564 g/mol. The summed E-state index contributed by atoms with van der Waals surface area (Å²) in [7, 11) is 0. The molecule has 8 fully saturated rings. The molecule has 3 saturated heterocycles. The molecule has 8 aliphatic rings. The van der Waals surface area contributed by atoms with Crippen molar-refractivity contribution in [2.75, 3.05) is 32.8 Å². The highest BCUT2D eigenvalue weighted by Crippen LogP contribution is 2.87. The lowest BCUT2D eigenvalue weighted by Crippen LogP contribution is -2.64. The van der Waals surface area contributed by atoms with Crippen LogP contribution in [0, 0.1) is 45.3 Å². The Morgan fingerprint density at radius 3 is 2.38 bits per heavy atom. The van der Waals surface area contributed by atoms with Gasteiger partial charge in [-0.1, -0.05) is 20.8 Å². The number of likely N-dealkylation sites (tertiary alicyclic amines) is 1. The van der Waals surface area contributed by atoms with E-state index in [-0.39, 0.29) is 30.0 Å². The first kappa shape index (κ1) is 32.0. The lowest BCUT2D eigenvalue weighted by molar-refractivity contribution is -0.250. The maximum absolute atomic E-state index is 10.9. The van der Waals surface area contributed by atoms with Crippen molar-refractivity contribution in [1.29, 1.82) is 0 Å². The van der Waals surface area contributed by atoms with Crippen LogP contribution in [0.15, 0.2) is 0 Å². The Kier molecular flexibility index (Phi) is 7.53. The van der Waals surface area contributed by atoms with Crippen LogP contribution in [0.3, 0.4) is 0 Å². The van der Waals surface area contributed by atoms with Crippen LogP contribution < -0.4 is 0 Å². The molecule has 8 rings (SSSR count). The fourth-order valence-corrected chi connectivity index (χ4v) is 13.6. The van der Waals surface area contributed by atoms with E-state index in [2.05, 4.69) is 44.4 Å². The molecule has 2 N–H and O–H groups in total. The predicted molar refractivity (Wildman–Crippen MR) is 175 cm³/mol. The molecule has 5 aliphatic carbocycles. The van der Waals surface area contributed by atoms with Crippen LogP contribution in [0.5, 0.6) is 0 Å². The number of aliphatic hydroxyl groups excluding tert-OH is 1. The third-order valence-corrected chi connectivity index (χ3v) is 16.2. The summed E-state index contributed by atoms with van der Waals surface area (Å²) < 4.78 is 20.0. The molecule has 3 aliphatic heterocycles. The monoisotopic (exact) mass is 628 g/mol. The Balaban J connectivity index is 0.939. The van der Waals surface area contributed by atoms with E-state index >= 15 is 0 Å². The fraction of sp³-hybridized carbons (Fsp3) is 1.00. The highest BCUT2D eigenvalue weighted by atomic mass is 16.7. The third-order valence-electron chi connectivity index (χ3n) is 16.2. The molecule has 2 spiro atoms. The standard InChI is InChI=1S/C38H64N2O5/c1-23(2)40-19-24(20-40)39-16-17-43-32(21-39)45-31-12-13-38-22-37(38)15-14-36(7)26-8-10-28(33(41)35(5,6)42)44-29(26)18-27(36)25(37)9-11-30(38)34(31,3)4/h23-33,41-42H,8-22H2,1-7H3/t25?,26?,27?,28?,29?,30?,31-,32?,33-,36+,37-,38+/m0/s1. The minimum atomic E-state index is -1.13. The smallest absolute Gasteiger partial charge is 0.170 e. The van der Waals surface area contributed by atoms with E-state index in [1.54, 1.807) is 13.8 Å². The van der Waals surface area contributed by atoms with E-state index in [9.17, 15) is 10.2 Å². The van der Waals surface area contributed by atoms with Gasteiger partial charge in [0.25, 0.3) is 0 Å². The lowest BCUT2D eigenvalue weighted by atomic mass is 9.46. The minimum absolute atomic E-state index is 0.0920. The molecule has 0 amide bonds. The fourth-order valence-electron chi connectivity index (χ4n) is 13.6. The number of hydrogen-bond donors (Lipinski definition) is 2. The Morgan fingerprint density at radius 1 is 0.889 bits per heavy atom. The van der Waals surface area contributed by atoms with Crippen molar-refractivity contribution >= 4 is 0 Å². The van der Waals surface area contributed by atoms with Gasteiger partial charge in [-0.3, -0.25) is 9.80 Å². The van der Waals surface area contributed by atoms with Gasteiger partial charge in [-0.05, 0) is 137 Å². The SMILES string of the molecule is CC(C)N1CC(N2CCOC(O[C@H]3CC[C@]45C[C@]46CC[C@]4(C)C7CCC([C@H](O)C(C)(C)O)OC7CC4C6CCC5C3(C)C)C2)C1. The van der Waals surface area contributed by atoms with Gasteiger partial charge in [0.2, 0.25) is 0 Å². The van der Waals surface area contributed by atoms with Crippen molar-refractivity contribution in [1.82, 2.24) is 9.80 Å². The van der Waals surface area contributed by atoms with Gasteiger partial charge in [-0.15, -0.1) is 0 Å². The Bertz CT molecular complexity index is 1130. The van der Waals surface area contributed by atoms with E-state index in [1.165, 1.54) is 58.0 Å². The van der Waals surface area contributed by atoms with Gasteiger partial charge in [0.05, 0.1) is 30.5 Å². The molecule has 0 bridgehead atoms. The van der Waals surface area contributed by atoms with Crippen molar-refractivity contribution in [2.24, 2.45) is 45.3 Å². The van der Waals surface area contributed by atoms with E-state index in [0.717, 1.165) is 56.7 Å². The zero-order chi connectivity index (χ0) is 31.7. The summed E-state index contributed by atoms with van der Waals surface area (Å²) in [5.41, 5.74) is 0.415. The van der Waals surface area contributed by atoms with Gasteiger partial charge < -0.3 is 24.4 Å². The van der Waals surface area contributed by atoms with Gasteiger partial charge in [0.1, 0.15) is 6.10 Å². The van der Waals surface area contributed by atoms with E-state index in [1.807, 2.05) is 0 Å². The second-order valence-electron chi connectivity index (χ2n) is 19.1. The maximum atomic E-state index is 10.9. The summed E-state index contributed by atoms with van der Waals surface area (Å²) in [6.45, 7) is 20.8. The Morgan fingerprint density at radius 2 is 1.64 bits per heavy atom. The highest BCUT2D eigenvalue weighted by molar-refractivity contribution is 5.29. The molecule has 45 heavy (non-hydrogen) atoms. The molecule has 7 unspecified atom stereocenters. The summed E-state index contributed by atoms with van der Waals surface area (Å²) in [5, 5.41) is 21.4. The molecule has 12 atom stereocenters. The van der Waals surface area contributed by atoms with Gasteiger partial charge in [0.15, 0.2) is 6.29 Å². The van der Waals surface area contributed by atoms with E-state index < -0.39 is 11.7 Å². The molecule has 0 aromatic rings. The van der Waals surface area contributed by atoms with E-state index in [0.29, 0.717) is 34.2 Å². The third kappa shape index (κ3) is 4.66. The molecule has 0 radical (unpaired) electrons. The van der Waals surface area contributed by atoms with Gasteiger partial charge in [0, 0.05) is 38.3 Å². The van der Waals surface area contributed by atoms with Crippen LogP contribution >= 0.6 is 0 Å². The van der Waals surface area contributed by atoms with Crippen molar-refractivity contribution in [2.45, 2.75) is 161 Å². The summed E-state index contributed by atoms with van der Waals surface area (Å²) in [4.78, 5) is 5.21. The normalized spacial score (nSPS) is 50.5. The second kappa shape index (κ2) is 10.6. The van der Waals surface area contributed by atoms with Crippen molar-refractivity contribution in [3.8, 4) is 0 Å². The molecular formula is C38H64N2O5. The first-order valence-electron chi connectivity index (χ1n) is 19.0. The summed E-state index contributed by atoms with van der Waals surface area (Å²) in [6.07, 6.45) is 11.9. The van der Waals surface area contributed by atoms with Crippen molar-refractivity contribution in [3.05, 3.63) is 0 Å². The average molecular weight is 629 g/mol. The molecule has 7 heteroatoms. The number of fused-ring (bicyclic) bond motifs is 4. The van der Waals surface area contributed by atoms with Crippen LogP contribution in [-0.2, 0) is 14.2 Å². The quantitative estimate of drug-likeness (QED) is 0.405. The predicted octanol–water partition coefficient (Wildman–Crippen LogP) is 5.46. The number of morpholine rings is 1. The van der Waals surface area contributed by atoms with Crippen molar-refractivity contribution < 1.29 is 24.4 Å². The van der Waals surface area contributed by atoms with Gasteiger partial charge >= 0.3 is 0 Å².